The summed E-state index contributed by atoms with van der Waals surface area (Å²) in [5, 5.41) is 12.2. The van der Waals surface area contributed by atoms with Crippen molar-refractivity contribution < 1.29 is 19.2 Å². The summed E-state index contributed by atoms with van der Waals surface area (Å²) in [5.41, 5.74) is 0.126. The van der Waals surface area contributed by atoms with Crippen molar-refractivity contribution in [1.29, 1.82) is 0 Å². The van der Waals surface area contributed by atoms with Crippen LogP contribution < -0.4 is 0 Å². The molecule has 16 heavy (non-hydrogen) atoms. The van der Waals surface area contributed by atoms with Crippen molar-refractivity contribution in [3.05, 3.63) is 18.0 Å². The summed E-state index contributed by atoms with van der Waals surface area (Å²) < 4.78 is 4.56. The first-order valence-corrected chi connectivity index (χ1v) is 4.99. The molecule has 0 saturated heterocycles. The highest BCUT2D eigenvalue weighted by Gasteiger charge is 2.24. The van der Waals surface area contributed by atoms with Crippen LogP contribution in [0.1, 0.15) is 30.8 Å². The molecule has 1 rings (SSSR count). The molecule has 0 saturated carbocycles. The number of rotatable bonds is 5. The molecule has 0 unspecified atom stereocenters. The Bertz CT molecular complexity index is 361. The molecular formula is C10H14N2O4. The molecule has 0 fully saturated rings. The number of hydrogen-bond acceptors (Lipinski definition) is 4. The molecule has 0 radical (unpaired) electrons. The highest BCUT2D eigenvalue weighted by molar-refractivity contribution is 5.94. The van der Waals surface area contributed by atoms with Crippen LogP contribution in [-0.2, 0) is 4.79 Å². The summed E-state index contributed by atoms with van der Waals surface area (Å²) in [7, 11) is 0. The second-order valence-corrected chi connectivity index (χ2v) is 3.47. The van der Waals surface area contributed by atoms with E-state index in [1.54, 1.807) is 6.92 Å². The summed E-state index contributed by atoms with van der Waals surface area (Å²) in [6.07, 6.45) is 1.96. The number of aliphatic carboxylic acids is 1. The van der Waals surface area contributed by atoms with Gasteiger partial charge in [-0.15, -0.1) is 0 Å². The van der Waals surface area contributed by atoms with Gasteiger partial charge in [-0.1, -0.05) is 12.1 Å². The molecule has 0 spiro atoms. The van der Waals surface area contributed by atoms with Gasteiger partial charge in [0.15, 0.2) is 5.69 Å². The summed E-state index contributed by atoms with van der Waals surface area (Å²) in [6, 6.07) is 1.26. The minimum atomic E-state index is -1.04. The topological polar surface area (TPSA) is 83.6 Å². The fraction of sp³-hybridized carbons (Fsp3) is 0.500. The summed E-state index contributed by atoms with van der Waals surface area (Å²) in [6.45, 7) is 3.34. The number of amides is 1. The summed E-state index contributed by atoms with van der Waals surface area (Å²) in [5.74, 6) is -1.47. The Hall–Kier alpha value is -1.85. The van der Waals surface area contributed by atoms with E-state index in [0.717, 1.165) is 0 Å². The van der Waals surface area contributed by atoms with E-state index in [0.29, 0.717) is 6.42 Å². The number of aromatic nitrogens is 1. The van der Waals surface area contributed by atoms with Gasteiger partial charge in [0.1, 0.15) is 12.8 Å². The van der Waals surface area contributed by atoms with Crippen molar-refractivity contribution in [2.75, 3.05) is 6.54 Å². The Morgan fingerprint density at radius 3 is 2.75 bits per heavy atom. The third-order valence-electron chi connectivity index (χ3n) is 2.35. The van der Waals surface area contributed by atoms with E-state index in [1.165, 1.54) is 17.2 Å². The van der Waals surface area contributed by atoms with Gasteiger partial charge in [0.25, 0.3) is 5.91 Å². The molecule has 0 aliphatic heterocycles. The van der Waals surface area contributed by atoms with Gasteiger partial charge in [0.2, 0.25) is 0 Å². The first kappa shape index (κ1) is 12.2. The van der Waals surface area contributed by atoms with Crippen LogP contribution in [0.15, 0.2) is 16.9 Å². The number of carboxylic acid groups (broad SMARTS) is 1. The van der Waals surface area contributed by atoms with Gasteiger partial charge in [0.05, 0.1) is 0 Å². The molecule has 0 aliphatic rings. The molecule has 1 atom stereocenters. The van der Waals surface area contributed by atoms with Crippen molar-refractivity contribution in [3.63, 3.8) is 0 Å². The molecule has 0 aromatic carbocycles. The molecule has 6 nitrogen and oxygen atoms in total. The molecule has 1 aromatic heterocycles. The molecule has 88 valence electrons. The van der Waals surface area contributed by atoms with Gasteiger partial charge in [-0.05, 0) is 13.3 Å². The fourth-order valence-electron chi connectivity index (χ4n) is 1.26. The zero-order valence-corrected chi connectivity index (χ0v) is 9.21. The minimum Gasteiger partial charge on any atom is -0.480 e. The van der Waals surface area contributed by atoms with Crippen molar-refractivity contribution in [2.45, 2.75) is 26.3 Å². The summed E-state index contributed by atoms with van der Waals surface area (Å²) >= 11 is 0. The largest absolute Gasteiger partial charge is 0.480 e. The van der Waals surface area contributed by atoms with E-state index >= 15 is 0 Å². The van der Waals surface area contributed by atoms with E-state index in [1.807, 2.05) is 6.92 Å². The molecular weight excluding hydrogens is 212 g/mol. The van der Waals surface area contributed by atoms with Gasteiger partial charge in [-0.3, -0.25) is 9.59 Å². The first-order valence-electron chi connectivity index (χ1n) is 4.99. The maximum Gasteiger partial charge on any atom is 0.323 e. The molecule has 0 aliphatic carbocycles. The lowest BCUT2D eigenvalue weighted by Crippen LogP contribution is -2.41. The smallest absolute Gasteiger partial charge is 0.323 e. The van der Waals surface area contributed by atoms with Crippen molar-refractivity contribution >= 4 is 11.9 Å². The summed E-state index contributed by atoms with van der Waals surface area (Å²) in [4.78, 5) is 23.8. The first-order chi connectivity index (χ1) is 7.56. The van der Waals surface area contributed by atoms with E-state index in [9.17, 15) is 9.59 Å². The monoisotopic (exact) mass is 226 g/mol. The number of carboxylic acids is 1. The van der Waals surface area contributed by atoms with Crippen LogP contribution >= 0.6 is 0 Å². The van der Waals surface area contributed by atoms with E-state index in [4.69, 9.17) is 5.11 Å². The Labute approximate surface area is 92.8 Å². The third kappa shape index (κ3) is 2.82. The Kier molecular flexibility index (Phi) is 4.04. The molecule has 6 heteroatoms. The van der Waals surface area contributed by atoms with Gasteiger partial charge in [0, 0.05) is 12.1 Å². The van der Waals surface area contributed by atoms with Gasteiger partial charge >= 0.3 is 5.97 Å². The zero-order valence-electron chi connectivity index (χ0n) is 9.21. The molecule has 0 bridgehead atoms. The quantitative estimate of drug-likeness (QED) is 0.809. The Balaban J connectivity index is 2.84. The van der Waals surface area contributed by atoms with Gasteiger partial charge in [-0.2, -0.15) is 0 Å². The van der Waals surface area contributed by atoms with Crippen LogP contribution in [0.4, 0.5) is 0 Å². The molecule has 1 amide bonds. The molecule has 1 aromatic rings. The number of hydrogen-bond donors (Lipinski definition) is 1. The average molecular weight is 226 g/mol. The van der Waals surface area contributed by atoms with Crippen LogP contribution in [0.25, 0.3) is 0 Å². The lowest BCUT2D eigenvalue weighted by Gasteiger charge is -2.25. The van der Waals surface area contributed by atoms with Gasteiger partial charge in [-0.25, -0.2) is 0 Å². The van der Waals surface area contributed by atoms with Crippen LogP contribution in [0, 0.1) is 0 Å². The Morgan fingerprint density at radius 2 is 2.31 bits per heavy atom. The second kappa shape index (κ2) is 5.29. The lowest BCUT2D eigenvalue weighted by atomic mass is 10.2. The van der Waals surface area contributed by atoms with Gasteiger partial charge < -0.3 is 14.5 Å². The predicted octanol–water partition coefficient (Wildman–Crippen LogP) is 1.000. The van der Waals surface area contributed by atoms with Crippen molar-refractivity contribution in [1.82, 2.24) is 10.1 Å². The Morgan fingerprint density at radius 1 is 1.62 bits per heavy atom. The van der Waals surface area contributed by atoms with Crippen LogP contribution in [0.2, 0.25) is 0 Å². The zero-order chi connectivity index (χ0) is 12.1. The standard InChI is InChI=1S/C10H14N2O4/c1-3-7(2)12(6-9(13)14)10(15)8-4-5-16-11-8/h4-5,7H,3,6H2,1-2H3,(H,13,14)/t7-/m0/s1. The maximum atomic E-state index is 11.9. The SMILES string of the molecule is CC[C@H](C)N(CC(=O)O)C(=O)c1ccon1. The maximum absolute atomic E-state index is 11.9. The minimum absolute atomic E-state index is 0.126. The number of carbonyl (C=O) groups excluding carboxylic acids is 1. The predicted molar refractivity (Wildman–Crippen MR) is 54.9 cm³/mol. The molecule has 1 heterocycles. The molecule has 1 N–H and O–H groups in total. The average Bonchev–Trinajstić information content (AvgIpc) is 2.77. The van der Waals surface area contributed by atoms with E-state index in [-0.39, 0.29) is 18.3 Å². The highest BCUT2D eigenvalue weighted by atomic mass is 16.5. The van der Waals surface area contributed by atoms with Crippen LogP contribution in [-0.4, -0.2) is 39.6 Å². The van der Waals surface area contributed by atoms with Crippen molar-refractivity contribution in [2.24, 2.45) is 0 Å². The second-order valence-electron chi connectivity index (χ2n) is 3.47. The highest BCUT2D eigenvalue weighted by Crippen LogP contribution is 2.09. The lowest BCUT2D eigenvalue weighted by molar-refractivity contribution is -0.138. The number of nitrogens with zero attached hydrogens (tertiary/aromatic N) is 2. The fourth-order valence-corrected chi connectivity index (χ4v) is 1.26. The van der Waals surface area contributed by atoms with E-state index < -0.39 is 11.9 Å². The van der Waals surface area contributed by atoms with Crippen LogP contribution in [0.5, 0.6) is 0 Å². The third-order valence-corrected chi connectivity index (χ3v) is 2.35. The number of carbonyl (C=O) groups is 2. The van der Waals surface area contributed by atoms with Crippen molar-refractivity contribution in [3.8, 4) is 0 Å². The van der Waals surface area contributed by atoms with Crippen LogP contribution in [0.3, 0.4) is 0 Å². The van der Waals surface area contributed by atoms with E-state index in [2.05, 4.69) is 9.68 Å². The normalized spacial score (nSPS) is 12.1.